The summed E-state index contributed by atoms with van der Waals surface area (Å²) in [5, 5.41) is 0. The van der Waals surface area contributed by atoms with Crippen molar-refractivity contribution in [1.82, 2.24) is 0 Å². The van der Waals surface area contributed by atoms with Crippen LogP contribution in [0.1, 0.15) is 0 Å². The van der Waals surface area contributed by atoms with Gasteiger partial charge in [-0.3, -0.25) is 0 Å². The van der Waals surface area contributed by atoms with Crippen molar-refractivity contribution in [3.8, 4) is 0 Å². The van der Waals surface area contributed by atoms with Gasteiger partial charge in [0.05, 0.1) is 0 Å². The van der Waals surface area contributed by atoms with Crippen LogP contribution in [0.3, 0.4) is 0 Å². The molecule has 0 saturated carbocycles. The van der Waals surface area contributed by atoms with E-state index in [1.165, 1.54) is 12.8 Å². The van der Waals surface area contributed by atoms with Crippen molar-refractivity contribution < 1.29 is 11.6 Å². The van der Waals surface area contributed by atoms with E-state index in [0.29, 0.717) is 0 Å². The molecular weight excluding hydrogens is 222 g/mol. The van der Waals surface area contributed by atoms with Crippen molar-refractivity contribution in [3.05, 3.63) is 0 Å². The molecule has 0 radical (unpaired) electrons. The van der Waals surface area contributed by atoms with Crippen LogP contribution in [0.25, 0.3) is 0 Å². The predicted octanol–water partition coefficient (Wildman–Crippen LogP) is -1.56. The minimum absolute atomic E-state index is 0. The molecule has 0 heterocycles. The van der Waals surface area contributed by atoms with Gasteiger partial charge in [-0.05, 0) is 0 Å². The maximum atomic E-state index is 9.98. The van der Waals surface area contributed by atoms with Crippen LogP contribution in [-0.2, 0) is 7.47 Å². The molecule has 1 N–H and O–H groups in total. The van der Waals surface area contributed by atoms with Gasteiger partial charge >= 0.3 is 56.5 Å². The quantitative estimate of drug-likeness (QED) is 0.556. The summed E-state index contributed by atoms with van der Waals surface area (Å²) in [5.41, 5.74) is 1.19. The summed E-state index contributed by atoms with van der Waals surface area (Å²) in [6, 6.07) is 0. The fraction of sp³-hybridized carbons (Fsp3) is 1.00. The normalized spacial score (nSPS) is 17.0. The fourth-order valence-corrected chi connectivity index (χ4v) is 0. The van der Waals surface area contributed by atoms with Gasteiger partial charge in [-0.15, -0.1) is 0 Å². The molecule has 0 aliphatic carbocycles. The Morgan fingerprint density at radius 1 is 1.71 bits per heavy atom. The zero-order valence-electron chi connectivity index (χ0n) is 4.42. The van der Waals surface area contributed by atoms with Crippen molar-refractivity contribution in [2.75, 3.05) is 7.11 Å². The molecular formula is C2H10As2O3. The molecule has 5 heteroatoms. The average Bonchev–Trinajstić information content (AvgIpc) is 1.35. The number of hydrogen-bond donors (Lipinski definition) is 1. The molecule has 2 unspecified atom stereocenters. The Bertz CT molecular complexity index is 75.0. The van der Waals surface area contributed by atoms with Gasteiger partial charge in [-0.1, -0.05) is 0 Å². The molecule has 0 amide bonds. The average molecular weight is 232 g/mol. The molecule has 0 aromatic rings. The summed E-state index contributed by atoms with van der Waals surface area (Å²) in [6.07, 6.45) is 0. The van der Waals surface area contributed by atoms with Crippen LogP contribution >= 0.6 is 0 Å². The topological polar surface area (TPSA) is 46.5 Å². The SMILES string of the molecule is CO[As](C)(=O)O.[AsH3]. The summed E-state index contributed by atoms with van der Waals surface area (Å²) in [5.74, 6) is 0. The molecule has 46 valence electrons. The molecule has 0 aliphatic heterocycles. The second-order valence-corrected chi connectivity index (χ2v) is 5.12. The fourth-order valence-electron chi connectivity index (χ4n) is 0. The summed E-state index contributed by atoms with van der Waals surface area (Å²) in [7, 11) is 1.22. The Balaban J connectivity index is 0. The van der Waals surface area contributed by atoms with E-state index in [1.54, 1.807) is 0 Å². The Labute approximate surface area is 56.7 Å². The van der Waals surface area contributed by atoms with Gasteiger partial charge < -0.3 is 0 Å². The third-order valence-electron chi connectivity index (χ3n) is 0.339. The molecule has 3 nitrogen and oxygen atoms in total. The Morgan fingerprint density at radius 2 is 1.86 bits per heavy atom. The second kappa shape index (κ2) is 3.79. The molecule has 2 atom stereocenters. The molecule has 0 fully saturated rings. The van der Waals surface area contributed by atoms with Crippen LogP contribution in [0, 0.1) is 0 Å². The first-order chi connectivity index (χ1) is 2.56. The van der Waals surface area contributed by atoms with Crippen molar-refractivity contribution >= 4 is 32.1 Å². The molecule has 0 rings (SSSR count). The van der Waals surface area contributed by atoms with Crippen LogP contribution in [0.4, 0.5) is 0 Å². The van der Waals surface area contributed by atoms with Crippen LogP contribution in [-0.4, -0.2) is 43.3 Å². The molecule has 0 aromatic carbocycles. The van der Waals surface area contributed by atoms with E-state index < -0.39 is 14.2 Å². The van der Waals surface area contributed by atoms with Crippen LogP contribution in [0.2, 0.25) is 5.71 Å². The second-order valence-electron chi connectivity index (χ2n) is 0.986. The molecule has 0 saturated heterocycles. The van der Waals surface area contributed by atoms with Crippen molar-refractivity contribution in [3.63, 3.8) is 0 Å². The maximum absolute atomic E-state index is 9.98. The Morgan fingerprint density at radius 3 is 1.86 bits per heavy atom. The summed E-state index contributed by atoms with van der Waals surface area (Å²) in [6.45, 7) is 0. The monoisotopic (exact) mass is 232 g/mol. The van der Waals surface area contributed by atoms with E-state index in [-0.39, 0.29) is 18.0 Å². The van der Waals surface area contributed by atoms with Crippen LogP contribution < -0.4 is 0 Å². The molecule has 0 aromatic heterocycles. The summed E-state index contributed by atoms with van der Waals surface area (Å²) < 4.78 is 22.3. The van der Waals surface area contributed by atoms with Gasteiger partial charge in [-0.2, -0.15) is 0 Å². The standard InChI is InChI=1S/C2H7AsO3.AsH3/c1-3(4,5)6-2;/h1-2H3,(H,4,5);1H3. The summed E-state index contributed by atoms with van der Waals surface area (Å²) in [4.78, 5) is 0. The van der Waals surface area contributed by atoms with E-state index in [1.807, 2.05) is 0 Å². The van der Waals surface area contributed by atoms with E-state index in [2.05, 4.69) is 3.73 Å². The van der Waals surface area contributed by atoms with Gasteiger partial charge in [0, 0.05) is 0 Å². The Hall–Kier alpha value is 0.837. The minimum atomic E-state index is -3.66. The Kier molecular flexibility index (Phi) is 5.83. The third kappa shape index (κ3) is 10.9. The van der Waals surface area contributed by atoms with E-state index in [9.17, 15) is 3.74 Å². The third-order valence-corrected chi connectivity index (χ3v) is 1.76. The van der Waals surface area contributed by atoms with Gasteiger partial charge in [-0.25, -0.2) is 0 Å². The van der Waals surface area contributed by atoms with Crippen LogP contribution in [0.15, 0.2) is 0 Å². The van der Waals surface area contributed by atoms with Gasteiger partial charge in [0.1, 0.15) is 0 Å². The molecule has 0 aliphatic rings. The first-order valence-corrected chi connectivity index (χ1v) is 5.67. The van der Waals surface area contributed by atoms with Crippen molar-refractivity contribution in [2.24, 2.45) is 0 Å². The zero-order chi connectivity index (χ0) is 5.21. The molecule has 0 bridgehead atoms. The number of rotatable bonds is 1. The summed E-state index contributed by atoms with van der Waals surface area (Å²) >= 11 is -3.66. The first-order valence-electron chi connectivity index (χ1n) is 1.42. The zero-order valence-corrected chi connectivity index (χ0v) is 9.26. The first kappa shape index (κ1) is 10.8. The van der Waals surface area contributed by atoms with Crippen molar-refractivity contribution in [2.45, 2.75) is 5.71 Å². The van der Waals surface area contributed by atoms with E-state index in [4.69, 9.17) is 4.10 Å². The van der Waals surface area contributed by atoms with Crippen molar-refractivity contribution in [1.29, 1.82) is 0 Å². The number of hydrogen-bond acceptors (Lipinski definition) is 2. The van der Waals surface area contributed by atoms with E-state index in [0.717, 1.165) is 0 Å². The predicted molar refractivity (Wildman–Crippen MR) is 31.5 cm³/mol. The molecule has 0 spiro atoms. The van der Waals surface area contributed by atoms with E-state index >= 15 is 0 Å². The molecule has 7 heavy (non-hydrogen) atoms. The van der Waals surface area contributed by atoms with Crippen LogP contribution in [0.5, 0.6) is 0 Å². The van der Waals surface area contributed by atoms with Gasteiger partial charge in [0.15, 0.2) is 0 Å². The van der Waals surface area contributed by atoms with Gasteiger partial charge in [0.25, 0.3) is 0 Å². The van der Waals surface area contributed by atoms with Gasteiger partial charge in [0.2, 0.25) is 0 Å².